The fourth-order valence-corrected chi connectivity index (χ4v) is 1.93. The van der Waals surface area contributed by atoms with Crippen molar-refractivity contribution < 1.29 is 23.9 Å². The van der Waals surface area contributed by atoms with Crippen molar-refractivity contribution in [2.45, 2.75) is 25.8 Å². The molecule has 0 aliphatic carbocycles. The second-order valence-electron chi connectivity index (χ2n) is 4.48. The van der Waals surface area contributed by atoms with Crippen molar-refractivity contribution in [3.8, 4) is 0 Å². The van der Waals surface area contributed by atoms with Crippen LogP contribution in [0.15, 0.2) is 0 Å². The average molecular weight is 243 g/mol. The van der Waals surface area contributed by atoms with E-state index in [4.69, 9.17) is 0 Å². The number of esters is 2. The third-order valence-corrected chi connectivity index (χ3v) is 3.02. The molecule has 1 saturated heterocycles. The smallest absolute Gasteiger partial charge is 0.331 e. The van der Waals surface area contributed by atoms with E-state index in [1.165, 1.54) is 19.1 Å². The van der Waals surface area contributed by atoms with Gasteiger partial charge in [0, 0.05) is 13.0 Å². The first-order valence-electron chi connectivity index (χ1n) is 5.31. The van der Waals surface area contributed by atoms with Crippen LogP contribution in [0, 0.1) is 5.92 Å². The molecule has 6 nitrogen and oxygen atoms in total. The van der Waals surface area contributed by atoms with Crippen molar-refractivity contribution in [1.82, 2.24) is 4.90 Å². The highest BCUT2D eigenvalue weighted by molar-refractivity contribution is 5.92. The lowest BCUT2D eigenvalue weighted by Gasteiger charge is -2.32. The minimum absolute atomic E-state index is 0.0765. The number of rotatable bonds is 3. The zero-order valence-electron chi connectivity index (χ0n) is 10.5. The van der Waals surface area contributed by atoms with Crippen LogP contribution in [0.2, 0.25) is 0 Å². The van der Waals surface area contributed by atoms with Crippen LogP contribution >= 0.6 is 0 Å². The van der Waals surface area contributed by atoms with Crippen molar-refractivity contribution in [2.24, 2.45) is 5.92 Å². The Morgan fingerprint density at radius 2 is 1.88 bits per heavy atom. The van der Waals surface area contributed by atoms with Gasteiger partial charge in [0.1, 0.15) is 5.54 Å². The van der Waals surface area contributed by atoms with Gasteiger partial charge in [-0.2, -0.15) is 0 Å². The van der Waals surface area contributed by atoms with E-state index < -0.39 is 23.4 Å². The molecular weight excluding hydrogens is 226 g/mol. The van der Waals surface area contributed by atoms with E-state index in [1.54, 1.807) is 13.8 Å². The van der Waals surface area contributed by atoms with Gasteiger partial charge in [-0.3, -0.25) is 9.59 Å². The highest BCUT2D eigenvalue weighted by Gasteiger charge is 2.46. The molecule has 96 valence electrons. The maximum Gasteiger partial charge on any atom is 0.331 e. The number of nitrogens with zero attached hydrogens (tertiary/aromatic N) is 1. The van der Waals surface area contributed by atoms with Crippen LogP contribution < -0.4 is 0 Å². The van der Waals surface area contributed by atoms with Gasteiger partial charge in [-0.25, -0.2) is 4.79 Å². The molecule has 0 aromatic rings. The van der Waals surface area contributed by atoms with Crippen LogP contribution in [0.5, 0.6) is 0 Å². The van der Waals surface area contributed by atoms with Gasteiger partial charge in [0.15, 0.2) is 0 Å². The Labute approximate surface area is 99.9 Å². The SMILES string of the molecule is COC(=O)C1CC(=O)N(C(C)(C)C(=O)OC)C1. The number of ether oxygens (including phenoxy) is 2. The van der Waals surface area contributed by atoms with Crippen molar-refractivity contribution >= 4 is 17.8 Å². The molecule has 0 aromatic heterocycles. The molecule has 1 rings (SSSR count). The Morgan fingerprint density at radius 1 is 1.29 bits per heavy atom. The molecule has 0 saturated carbocycles. The standard InChI is InChI=1S/C11H17NO5/c1-11(2,10(15)17-4)12-6-7(5-8(12)13)9(14)16-3/h7H,5-6H2,1-4H3. The summed E-state index contributed by atoms with van der Waals surface area (Å²) in [5, 5.41) is 0. The average Bonchev–Trinajstić information content (AvgIpc) is 2.69. The Balaban J connectivity index is 2.84. The molecule has 6 heteroatoms. The minimum atomic E-state index is -1.06. The highest BCUT2D eigenvalue weighted by atomic mass is 16.5. The Bertz CT molecular complexity index is 350. The molecule has 0 aromatic carbocycles. The van der Waals surface area contributed by atoms with E-state index >= 15 is 0 Å². The van der Waals surface area contributed by atoms with Crippen LogP contribution in [0.3, 0.4) is 0 Å². The number of carbonyl (C=O) groups excluding carboxylic acids is 3. The van der Waals surface area contributed by atoms with Crippen molar-refractivity contribution in [1.29, 1.82) is 0 Å². The van der Waals surface area contributed by atoms with Crippen molar-refractivity contribution in [3.63, 3.8) is 0 Å². The Hall–Kier alpha value is -1.59. The quantitative estimate of drug-likeness (QED) is 0.650. The summed E-state index contributed by atoms with van der Waals surface area (Å²) in [5.41, 5.74) is -1.06. The van der Waals surface area contributed by atoms with Gasteiger partial charge in [-0.1, -0.05) is 0 Å². The lowest BCUT2D eigenvalue weighted by atomic mass is 10.0. The molecule has 1 fully saturated rings. The largest absolute Gasteiger partial charge is 0.469 e. The predicted octanol–water partition coefficient (Wildman–Crippen LogP) is -0.0405. The van der Waals surface area contributed by atoms with E-state index in [2.05, 4.69) is 9.47 Å². The third kappa shape index (κ3) is 2.40. The van der Waals surface area contributed by atoms with E-state index in [0.29, 0.717) is 0 Å². The molecule has 0 N–H and O–H groups in total. The molecule has 1 unspecified atom stereocenters. The normalized spacial score (nSPS) is 20.4. The number of hydrogen-bond donors (Lipinski definition) is 0. The molecule has 0 spiro atoms. The zero-order chi connectivity index (χ0) is 13.2. The first kappa shape index (κ1) is 13.5. The molecule has 1 aliphatic rings. The summed E-state index contributed by atoms with van der Waals surface area (Å²) in [6.07, 6.45) is 0.0765. The van der Waals surface area contributed by atoms with Gasteiger partial charge in [0.05, 0.1) is 20.1 Å². The number of carbonyl (C=O) groups is 3. The molecular formula is C11H17NO5. The summed E-state index contributed by atoms with van der Waals surface area (Å²) in [4.78, 5) is 36.1. The topological polar surface area (TPSA) is 72.9 Å². The molecule has 1 aliphatic heterocycles. The maximum atomic E-state index is 11.8. The summed E-state index contributed by atoms with van der Waals surface area (Å²) in [6, 6.07) is 0. The Morgan fingerprint density at radius 3 is 2.35 bits per heavy atom. The van der Waals surface area contributed by atoms with E-state index in [-0.39, 0.29) is 18.9 Å². The van der Waals surface area contributed by atoms with E-state index in [9.17, 15) is 14.4 Å². The second kappa shape index (κ2) is 4.73. The number of amides is 1. The van der Waals surface area contributed by atoms with Gasteiger partial charge in [0.25, 0.3) is 0 Å². The number of hydrogen-bond acceptors (Lipinski definition) is 5. The van der Waals surface area contributed by atoms with Crippen LogP contribution in [-0.2, 0) is 23.9 Å². The third-order valence-electron chi connectivity index (χ3n) is 3.02. The van der Waals surface area contributed by atoms with Crippen LogP contribution in [0.4, 0.5) is 0 Å². The minimum Gasteiger partial charge on any atom is -0.469 e. The lowest BCUT2D eigenvalue weighted by molar-refractivity contribution is -0.157. The van der Waals surface area contributed by atoms with Gasteiger partial charge in [-0.15, -0.1) is 0 Å². The lowest BCUT2D eigenvalue weighted by Crippen LogP contribution is -2.51. The molecule has 0 bridgehead atoms. The molecule has 1 amide bonds. The first-order valence-corrected chi connectivity index (χ1v) is 5.31. The summed E-state index contributed by atoms with van der Waals surface area (Å²) in [7, 11) is 2.54. The predicted molar refractivity (Wildman–Crippen MR) is 57.9 cm³/mol. The second-order valence-corrected chi connectivity index (χ2v) is 4.48. The zero-order valence-corrected chi connectivity index (χ0v) is 10.5. The number of methoxy groups -OCH3 is 2. The first-order chi connectivity index (χ1) is 7.84. The monoisotopic (exact) mass is 243 g/mol. The van der Waals surface area contributed by atoms with Crippen LogP contribution in [0.25, 0.3) is 0 Å². The van der Waals surface area contributed by atoms with E-state index in [1.807, 2.05) is 0 Å². The fraction of sp³-hybridized carbons (Fsp3) is 0.727. The summed E-state index contributed by atoms with van der Waals surface area (Å²) in [5.74, 6) is -1.68. The van der Waals surface area contributed by atoms with E-state index in [0.717, 1.165) is 0 Å². The summed E-state index contributed by atoms with van der Waals surface area (Å²) in [6.45, 7) is 3.38. The molecule has 0 radical (unpaired) electrons. The van der Waals surface area contributed by atoms with Gasteiger partial charge in [-0.05, 0) is 13.8 Å². The maximum absolute atomic E-state index is 11.8. The summed E-state index contributed by atoms with van der Waals surface area (Å²) >= 11 is 0. The van der Waals surface area contributed by atoms with Gasteiger partial charge < -0.3 is 14.4 Å². The van der Waals surface area contributed by atoms with Crippen molar-refractivity contribution in [3.05, 3.63) is 0 Å². The van der Waals surface area contributed by atoms with Crippen LogP contribution in [0.1, 0.15) is 20.3 Å². The van der Waals surface area contributed by atoms with Crippen LogP contribution in [-0.4, -0.2) is 49.0 Å². The molecule has 17 heavy (non-hydrogen) atoms. The highest BCUT2D eigenvalue weighted by Crippen LogP contribution is 2.27. The van der Waals surface area contributed by atoms with Gasteiger partial charge >= 0.3 is 11.9 Å². The fourth-order valence-electron chi connectivity index (χ4n) is 1.93. The van der Waals surface area contributed by atoms with Gasteiger partial charge in [0.2, 0.25) is 5.91 Å². The molecule has 1 heterocycles. The number of likely N-dealkylation sites (tertiary alicyclic amines) is 1. The molecule has 1 atom stereocenters. The summed E-state index contributed by atoms with van der Waals surface area (Å²) < 4.78 is 9.25. The van der Waals surface area contributed by atoms with Crippen molar-refractivity contribution in [2.75, 3.05) is 20.8 Å². The Kier molecular flexibility index (Phi) is 3.75.